The lowest BCUT2D eigenvalue weighted by molar-refractivity contribution is 0.309. The van der Waals surface area contributed by atoms with E-state index in [2.05, 4.69) is 34.2 Å². The molecule has 1 N–H and O–H groups in total. The highest BCUT2D eigenvalue weighted by molar-refractivity contribution is 7.88. The van der Waals surface area contributed by atoms with Crippen LogP contribution in [0.4, 0.5) is 5.69 Å². The average Bonchev–Trinajstić information content (AvgIpc) is 2.83. The van der Waals surface area contributed by atoms with Crippen LogP contribution in [0.15, 0.2) is 18.3 Å². The molecule has 1 unspecified atom stereocenters. The minimum Gasteiger partial charge on any atom is -0.368 e. The topological polar surface area (TPSA) is 69.3 Å². The Kier molecular flexibility index (Phi) is 3.41. The quantitative estimate of drug-likeness (QED) is 0.909. The second-order valence-corrected chi connectivity index (χ2v) is 7.72. The Hall–Kier alpha value is -1.60. The maximum absolute atomic E-state index is 11.8. The van der Waals surface area contributed by atoms with Crippen LogP contribution >= 0.6 is 0 Å². The lowest BCUT2D eigenvalue weighted by Crippen LogP contribution is -2.53. The van der Waals surface area contributed by atoms with E-state index in [1.54, 1.807) is 4.31 Å². The number of hydrogen-bond donors (Lipinski definition) is 1. The summed E-state index contributed by atoms with van der Waals surface area (Å²) < 4.78 is 25.1. The van der Waals surface area contributed by atoms with Crippen molar-refractivity contribution in [2.24, 2.45) is 0 Å². The summed E-state index contributed by atoms with van der Waals surface area (Å²) in [6.45, 7) is 5.92. The van der Waals surface area contributed by atoms with Gasteiger partial charge in [0.1, 0.15) is 0 Å². The van der Waals surface area contributed by atoms with E-state index in [-0.39, 0.29) is 6.04 Å². The lowest BCUT2D eigenvalue weighted by Gasteiger charge is -2.39. The number of hydrogen-bond acceptors (Lipinski definition) is 4. The molecule has 1 aliphatic rings. The standard InChI is InChI=1S/C14H20N4O2S/c1-10-6-13-12(8-15-16-13)14(7-10)17-4-5-18(11(2)9-17)21(3,19)20/h6-8,11H,4-5,9H2,1-3H3,(H,15,16). The van der Waals surface area contributed by atoms with Crippen molar-refractivity contribution in [3.8, 4) is 0 Å². The van der Waals surface area contributed by atoms with Gasteiger partial charge >= 0.3 is 0 Å². The largest absolute Gasteiger partial charge is 0.368 e. The van der Waals surface area contributed by atoms with E-state index in [4.69, 9.17) is 0 Å². The molecule has 21 heavy (non-hydrogen) atoms. The van der Waals surface area contributed by atoms with Gasteiger partial charge in [0.05, 0.1) is 18.0 Å². The molecule has 1 aliphatic heterocycles. The molecule has 1 saturated heterocycles. The summed E-state index contributed by atoms with van der Waals surface area (Å²) in [7, 11) is -3.13. The van der Waals surface area contributed by atoms with Crippen LogP contribution in [0.3, 0.4) is 0 Å². The molecular weight excluding hydrogens is 288 g/mol. The van der Waals surface area contributed by atoms with Crippen LogP contribution in [0, 0.1) is 6.92 Å². The normalized spacial score (nSPS) is 21.1. The van der Waals surface area contributed by atoms with Gasteiger partial charge < -0.3 is 4.90 Å². The molecule has 0 bridgehead atoms. The van der Waals surface area contributed by atoms with E-state index in [1.165, 1.54) is 11.8 Å². The first-order valence-electron chi connectivity index (χ1n) is 7.02. The molecule has 114 valence electrons. The second kappa shape index (κ2) is 4.99. The second-order valence-electron chi connectivity index (χ2n) is 5.78. The summed E-state index contributed by atoms with van der Waals surface area (Å²) in [5.74, 6) is 0. The first-order valence-corrected chi connectivity index (χ1v) is 8.86. The first kappa shape index (κ1) is 14.3. The molecule has 1 aromatic carbocycles. The Morgan fingerprint density at radius 2 is 2.10 bits per heavy atom. The molecule has 6 nitrogen and oxygen atoms in total. The third-order valence-electron chi connectivity index (χ3n) is 4.01. The fraction of sp³-hybridized carbons (Fsp3) is 0.500. The van der Waals surface area contributed by atoms with Crippen LogP contribution in [-0.4, -0.2) is 54.9 Å². The third-order valence-corrected chi connectivity index (χ3v) is 5.41. The monoisotopic (exact) mass is 308 g/mol. The number of rotatable bonds is 2. The zero-order valence-corrected chi connectivity index (χ0v) is 13.3. The number of aromatic nitrogens is 2. The van der Waals surface area contributed by atoms with Crippen LogP contribution in [-0.2, 0) is 10.0 Å². The smallest absolute Gasteiger partial charge is 0.211 e. The van der Waals surface area contributed by atoms with Crippen LogP contribution in [0.25, 0.3) is 10.9 Å². The van der Waals surface area contributed by atoms with Crippen molar-refractivity contribution in [3.05, 3.63) is 23.9 Å². The maximum atomic E-state index is 11.8. The first-order chi connectivity index (χ1) is 9.86. The average molecular weight is 308 g/mol. The van der Waals surface area contributed by atoms with E-state index in [1.807, 2.05) is 13.1 Å². The molecular formula is C14H20N4O2S. The van der Waals surface area contributed by atoms with E-state index in [0.29, 0.717) is 19.6 Å². The number of nitrogens with one attached hydrogen (secondary N) is 1. The molecule has 2 aromatic rings. The zero-order valence-electron chi connectivity index (χ0n) is 12.5. The summed E-state index contributed by atoms with van der Waals surface area (Å²) >= 11 is 0. The number of benzene rings is 1. The van der Waals surface area contributed by atoms with Gasteiger partial charge in [0.25, 0.3) is 0 Å². The van der Waals surface area contributed by atoms with Crippen molar-refractivity contribution in [1.82, 2.24) is 14.5 Å². The van der Waals surface area contributed by atoms with Crippen molar-refractivity contribution >= 4 is 26.6 Å². The molecule has 2 heterocycles. The number of aryl methyl sites for hydroxylation is 1. The zero-order chi connectivity index (χ0) is 15.2. The Bertz CT molecular complexity index is 768. The maximum Gasteiger partial charge on any atom is 0.211 e. The highest BCUT2D eigenvalue weighted by Crippen LogP contribution is 2.29. The summed E-state index contributed by atoms with van der Waals surface area (Å²) in [5.41, 5.74) is 3.31. The molecule has 0 radical (unpaired) electrons. The Balaban J connectivity index is 1.93. The van der Waals surface area contributed by atoms with Gasteiger partial charge in [0.2, 0.25) is 10.0 Å². The van der Waals surface area contributed by atoms with Crippen molar-refractivity contribution < 1.29 is 8.42 Å². The van der Waals surface area contributed by atoms with Gasteiger partial charge in [-0.15, -0.1) is 0 Å². The highest BCUT2D eigenvalue weighted by atomic mass is 32.2. The number of H-pyrrole nitrogens is 1. The van der Waals surface area contributed by atoms with Gasteiger partial charge in [0, 0.05) is 36.7 Å². The third kappa shape index (κ3) is 2.63. The molecule has 1 fully saturated rings. The Morgan fingerprint density at radius 1 is 1.33 bits per heavy atom. The number of piperazine rings is 1. The molecule has 0 aliphatic carbocycles. The van der Waals surface area contributed by atoms with Crippen LogP contribution in [0.5, 0.6) is 0 Å². The minimum absolute atomic E-state index is 0.0313. The fourth-order valence-corrected chi connectivity index (χ4v) is 4.22. The van der Waals surface area contributed by atoms with Crippen LogP contribution in [0.2, 0.25) is 0 Å². The summed E-state index contributed by atoms with van der Waals surface area (Å²) in [6.07, 6.45) is 3.11. The molecule has 7 heteroatoms. The summed E-state index contributed by atoms with van der Waals surface area (Å²) in [4.78, 5) is 2.25. The Morgan fingerprint density at radius 3 is 2.76 bits per heavy atom. The van der Waals surface area contributed by atoms with Gasteiger partial charge in [-0.05, 0) is 31.5 Å². The SMILES string of the molecule is Cc1cc(N2CCN(S(C)(=O)=O)C(C)C2)c2cn[nH]c2c1. The number of sulfonamides is 1. The van der Waals surface area contributed by atoms with Crippen molar-refractivity contribution in [2.45, 2.75) is 19.9 Å². The van der Waals surface area contributed by atoms with E-state index < -0.39 is 10.0 Å². The van der Waals surface area contributed by atoms with Crippen molar-refractivity contribution in [3.63, 3.8) is 0 Å². The van der Waals surface area contributed by atoms with Crippen molar-refractivity contribution in [2.75, 3.05) is 30.8 Å². The highest BCUT2D eigenvalue weighted by Gasteiger charge is 2.30. The van der Waals surface area contributed by atoms with Gasteiger partial charge in [-0.2, -0.15) is 9.40 Å². The van der Waals surface area contributed by atoms with Crippen LogP contribution in [0.1, 0.15) is 12.5 Å². The number of anilines is 1. The number of aromatic amines is 1. The van der Waals surface area contributed by atoms with E-state index >= 15 is 0 Å². The van der Waals surface area contributed by atoms with Gasteiger partial charge in [-0.1, -0.05) is 0 Å². The molecule has 0 amide bonds. The molecule has 3 rings (SSSR count). The predicted octanol–water partition coefficient (Wildman–Crippen LogP) is 1.34. The summed E-state index contributed by atoms with van der Waals surface area (Å²) in [5, 5.41) is 8.20. The Labute approximate surface area is 124 Å². The van der Waals surface area contributed by atoms with Crippen LogP contribution < -0.4 is 4.90 Å². The van der Waals surface area contributed by atoms with E-state index in [9.17, 15) is 8.42 Å². The lowest BCUT2D eigenvalue weighted by atomic mass is 10.1. The molecule has 1 atom stereocenters. The van der Waals surface area contributed by atoms with E-state index in [0.717, 1.165) is 16.6 Å². The number of nitrogens with zero attached hydrogens (tertiary/aromatic N) is 3. The minimum atomic E-state index is -3.13. The van der Waals surface area contributed by atoms with Gasteiger partial charge in [-0.3, -0.25) is 5.10 Å². The molecule has 1 aromatic heterocycles. The van der Waals surface area contributed by atoms with Crippen molar-refractivity contribution in [1.29, 1.82) is 0 Å². The molecule has 0 spiro atoms. The number of fused-ring (bicyclic) bond motifs is 1. The fourth-order valence-electron chi connectivity index (χ4n) is 3.09. The predicted molar refractivity (Wildman–Crippen MR) is 84.1 cm³/mol. The van der Waals surface area contributed by atoms with Gasteiger partial charge in [-0.25, -0.2) is 8.42 Å². The van der Waals surface area contributed by atoms with Gasteiger partial charge in [0.15, 0.2) is 0 Å². The molecule has 0 saturated carbocycles. The summed E-state index contributed by atoms with van der Waals surface area (Å²) in [6, 6.07) is 4.18.